The standard InChI is InChI=1S/C17H27FN2/c1-3-9-19-11-15-7-8-17(18)16(10-15)13-20(2)12-14-5-4-6-14/h7-8,10,14,19H,3-6,9,11-13H2,1-2H3. The first-order valence-corrected chi connectivity index (χ1v) is 7.85. The molecule has 20 heavy (non-hydrogen) atoms. The third-order valence-electron chi connectivity index (χ3n) is 4.10. The molecule has 1 N–H and O–H groups in total. The van der Waals surface area contributed by atoms with Gasteiger partial charge in [0, 0.05) is 25.2 Å². The molecule has 2 rings (SSSR count). The van der Waals surface area contributed by atoms with E-state index in [0.29, 0.717) is 6.54 Å². The summed E-state index contributed by atoms with van der Waals surface area (Å²) in [4.78, 5) is 2.26. The minimum absolute atomic E-state index is 0.0790. The van der Waals surface area contributed by atoms with E-state index < -0.39 is 0 Å². The number of benzene rings is 1. The van der Waals surface area contributed by atoms with Gasteiger partial charge in [0.1, 0.15) is 5.82 Å². The first kappa shape index (κ1) is 15.5. The van der Waals surface area contributed by atoms with E-state index in [-0.39, 0.29) is 5.82 Å². The average Bonchev–Trinajstić information content (AvgIpc) is 2.38. The second-order valence-electron chi connectivity index (χ2n) is 6.10. The molecule has 0 heterocycles. The predicted octanol–water partition coefficient (Wildman–Crippen LogP) is 3.56. The molecule has 0 atom stereocenters. The van der Waals surface area contributed by atoms with Gasteiger partial charge in [-0.25, -0.2) is 4.39 Å². The van der Waals surface area contributed by atoms with Gasteiger partial charge in [0.15, 0.2) is 0 Å². The Morgan fingerprint density at radius 2 is 2.15 bits per heavy atom. The smallest absolute Gasteiger partial charge is 0.127 e. The van der Waals surface area contributed by atoms with Crippen LogP contribution >= 0.6 is 0 Å². The van der Waals surface area contributed by atoms with E-state index in [1.165, 1.54) is 24.8 Å². The summed E-state index contributed by atoms with van der Waals surface area (Å²) in [6, 6.07) is 5.50. The van der Waals surface area contributed by atoms with Gasteiger partial charge in [-0.1, -0.05) is 25.5 Å². The van der Waals surface area contributed by atoms with Crippen molar-refractivity contribution < 1.29 is 4.39 Å². The zero-order valence-electron chi connectivity index (χ0n) is 12.8. The Balaban J connectivity index is 1.89. The molecule has 0 spiro atoms. The molecular weight excluding hydrogens is 251 g/mol. The van der Waals surface area contributed by atoms with E-state index in [2.05, 4.69) is 24.2 Å². The van der Waals surface area contributed by atoms with Gasteiger partial charge in [0.2, 0.25) is 0 Å². The summed E-state index contributed by atoms with van der Waals surface area (Å²) in [6.45, 7) is 5.79. The fourth-order valence-electron chi connectivity index (χ4n) is 2.74. The van der Waals surface area contributed by atoms with Crippen LogP contribution in [-0.4, -0.2) is 25.0 Å². The van der Waals surface area contributed by atoms with Crippen LogP contribution in [0.1, 0.15) is 43.7 Å². The van der Waals surface area contributed by atoms with E-state index in [1.54, 1.807) is 6.07 Å². The Hall–Kier alpha value is -0.930. The van der Waals surface area contributed by atoms with Crippen LogP contribution in [0, 0.1) is 11.7 Å². The van der Waals surface area contributed by atoms with Gasteiger partial charge in [-0.2, -0.15) is 0 Å². The highest BCUT2D eigenvalue weighted by molar-refractivity contribution is 5.25. The van der Waals surface area contributed by atoms with Crippen LogP contribution in [0.4, 0.5) is 4.39 Å². The second-order valence-corrected chi connectivity index (χ2v) is 6.10. The van der Waals surface area contributed by atoms with Crippen molar-refractivity contribution in [3.63, 3.8) is 0 Å². The average molecular weight is 278 g/mol. The van der Waals surface area contributed by atoms with Gasteiger partial charge in [0.25, 0.3) is 0 Å². The van der Waals surface area contributed by atoms with Crippen molar-refractivity contribution in [2.75, 3.05) is 20.1 Å². The highest BCUT2D eigenvalue weighted by Gasteiger charge is 2.19. The Labute approximate surface area is 122 Å². The lowest BCUT2D eigenvalue weighted by Crippen LogP contribution is -2.29. The topological polar surface area (TPSA) is 15.3 Å². The number of hydrogen-bond acceptors (Lipinski definition) is 2. The molecule has 1 fully saturated rings. The summed E-state index contributed by atoms with van der Waals surface area (Å²) in [5.74, 6) is 0.752. The normalized spacial score (nSPS) is 15.6. The van der Waals surface area contributed by atoms with Gasteiger partial charge in [-0.05, 0) is 50.4 Å². The maximum Gasteiger partial charge on any atom is 0.127 e. The maximum atomic E-state index is 13.9. The lowest BCUT2D eigenvalue weighted by Gasteiger charge is -2.30. The van der Waals surface area contributed by atoms with Gasteiger partial charge < -0.3 is 10.2 Å². The van der Waals surface area contributed by atoms with Crippen LogP contribution in [0.25, 0.3) is 0 Å². The molecule has 3 heteroatoms. The fraction of sp³-hybridized carbons (Fsp3) is 0.647. The van der Waals surface area contributed by atoms with E-state index in [1.807, 2.05) is 12.1 Å². The fourth-order valence-corrected chi connectivity index (χ4v) is 2.74. The summed E-state index contributed by atoms with van der Waals surface area (Å²) in [5, 5.41) is 3.37. The van der Waals surface area contributed by atoms with Crippen LogP contribution < -0.4 is 5.32 Å². The molecular formula is C17H27FN2. The van der Waals surface area contributed by atoms with Gasteiger partial charge in [-0.15, -0.1) is 0 Å². The molecule has 1 aliphatic carbocycles. The maximum absolute atomic E-state index is 13.9. The predicted molar refractivity (Wildman–Crippen MR) is 82.1 cm³/mol. The SMILES string of the molecule is CCCNCc1ccc(F)c(CN(C)CC2CCC2)c1. The van der Waals surface area contributed by atoms with Crippen molar-refractivity contribution in [3.05, 3.63) is 35.1 Å². The highest BCUT2D eigenvalue weighted by Crippen LogP contribution is 2.27. The molecule has 0 aromatic heterocycles. The number of nitrogens with one attached hydrogen (secondary N) is 1. The molecule has 0 radical (unpaired) electrons. The van der Waals surface area contributed by atoms with Crippen molar-refractivity contribution >= 4 is 0 Å². The zero-order valence-corrected chi connectivity index (χ0v) is 12.8. The summed E-state index contributed by atoms with van der Waals surface area (Å²) < 4.78 is 13.9. The quantitative estimate of drug-likeness (QED) is 0.732. The van der Waals surface area contributed by atoms with Crippen LogP contribution in [0.2, 0.25) is 0 Å². The van der Waals surface area contributed by atoms with Crippen LogP contribution in [-0.2, 0) is 13.1 Å². The first-order valence-electron chi connectivity index (χ1n) is 7.85. The van der Waals surface area contributed by atoms with Crippen LogP contribution in [0.5, 0.6) is 0 Å². The van der Waals surface area contributed by atoms with Crippen LogP contribution in [0.15, 0.2) is 18.2 Å². The largest absolute Gasteiger partial charge is 0.313 e. The molecule has 0 amide bonds. The lowest BCUT2D eigenvalue weighted by atomic mass is 9.85. The van der Waals surface area contributed by atoms with Crippen LogP contribution in [0.3, 0.4) is 0 Å². The second kappa shape index (κ2) is 7.75. The third kappa shape index (κ3) is 4.57. The molecule has 112 valence electrons. The van der Waals surface area contributed by atoms with Crippen molar-refractivity contribution in [1.82, 2.24) is 10.2 Å². The molecule has 0 bridgehead atoms. The van der Waals surface area contributed by atoms with E-state index in [4.69, 9.17) is 0 Å². The molecule has 1 aromatic carbocycles. The minimum atomic E-state index is -0.0790. The lowest BCUT2D eigenvalue weighted by molar-refractivity contribution is 0.199. The Bertz CT molecular complexity index is 415. The first-order chi connectivity index (χ1) is 9.69. The number of rotatable bonds is 8. The summed E-state index contributed by atoms with van der Waals surface area (Å²) in [6.07, 6.45) is 5.17. The number of hydrogen-bond donors (Lipinski definition) is 1. The highest BCUT2D eigenvalue weighted by atomic mass is 19.1. The minimum Gasteiger partial charge on any atom is -0.313 e. The summed E-state index contributed by atoms with van der Waals surface area (Å²) in [7, 11) is 2.10. The summed E-state index contributed by atoms with van der Waals surface area (Å²) in [5.41, 5.74) is 1.99. The van der Waals surface area contributed by atoms with Crippen molar-refractivity contribution in [2.24, 2.45) is 5.92 Å². The Kier molecular flexibility index (Phi) is 5.99. The third-order valence-corrected chi connectivity index (χ3v) is 4.10. The number of halogens is 1. The van der Waals surface area contributed by atoms with E-state index in [0.717, 1.165) is 37.5 Å². The van der Waals surface area contributed by atoms with Crippen molar-refractivity contribution in [1.29, 1.82) is 0 Å². The molecule has 0 saturated heterocycles. The van der Waals surface area contributed by atoms with Gasteiger partial charge >= 0.3 is 0 Å². The summed E-state index contributed by atoms with van der Waals surface area (Å²) >= 11 is 0. The molecule has 0 aliphatic heterocycles. The monoisotopic (exact) mass is 278 g/mol. The van der Waals surface area contributed by atoms with Crippen molar-refractivity contribution in [2.45, 2.75) is 45.7 Å². The van der Waals surface area contributed by atoms with E-state index >= 15 is 0 Å². The Morgan fingerprint density at radius 1 is 1.35 bits per heavy atom. The van der Waals surface area contributed by atoms with Gasteiger partial charge in [0.05, 0.1) is 0 Å². The van der Waals surface area contributed by atoms with Crippen molar-refractivity contribution in [3.8, 4) is 0 Å². The zero-order chi connectivity index (χ0) is 14.4. The Morgan fingerprint density at radius 3 is 2.80 bits per heavy atom. The molecule has 1 saturated carbocycles. The molecule has 2 nitrogen and oxygen atoms in total. The van der Waals surface area contributed by atoms with E-state index in [9.17, 15) is 4.39 Å². The van der Waals surface area contributed by atoms with Gasteiger partial charge in [-0.3, -0.25) is 0 Å². The molecule has 1 aromatic rings. The molecule has 1 aliphatic rings. The number of nitrogens with zero attached hydrogens (tertiary/aromatic N) is 1. The molecule has 0 unspecified atom stereocenters.